The van der Waals surface area contributed by atoms with Gasteiger partial charge in [-0.2, -0.15) is 5.26 Å². The fourth-order valence-electron chi connectivity index (χ4n) is 2.22. The van der Waals surface area contributed by atoms with Crippen LogP contribution in [0.4, 0.5) is 5.82 Å². The molecule has 1 aromatic heterocycles. The summed E-state index contributed by atoms with van der Waals surface area (Å²) >= 11 is 3.47. The number of nitriles is 1. The van der Waals surface area contributed by atoms with Gasteiger partial charge in [-0.25, -0.2) is 4.79 Å². The lowest BCUT2D eigenvalue weighted by Crippen LogP contribution is -2.40. The third-order valence-electron chi connectivity index (χ3n) is 3.50. The molecule has 2 aromatic rings. The Morgan fingerprint density at radius 3 is 2.45 bits per heavy atom. The number of anilines is 1. The van der Waals surface area contributed by atoms with Crippen molar-refractivity contribution >= 4 is 21.7 Å². The van der Waals surface area contributed by atoms with E-state index < -0.39 is 11.2 Å². The molecule has 7 heteroatoms. The predicted molar refractivity (Wildman–Crippen MR) is 87.8 cm³/mol. The minimum atomic E-state index is -0.604. The summed E-state index contributed by atoms with van der Waals surface area (Å²) in [6.45, 7) is 1.89. The first kappa shape index (κ1) is 16.0. The van der Waals surface area contributed by atoms with E-state index in [-0.39, 0.29) is 17.4 Å². The van der Waals surface area contributed by atoms with E-state index in [0.717, 1.165) is 14.6 Å². The fraction of sp³-hybridized carbons (Fsp3) is 0.267. The summed E-state index contributed by atoms with van der Waals surface area (Å²) < 4.78 is 3.10. The summed E-state index contributed by atoms with van der Waals surface area (Å²) in [4.78, 5) is 24.1. The predicted octanol–water partition coefficient (Wildman–Crippen LogP) is 1.89. The second-order valence-corrected chi connectivity index (χ2v) is 5.78. The number of nitrogens with one attached hydrogen (secondary N) is 1. The Morgan fingerprint density at radius 1 is 1.23 bits per heavy atom. The van der Waals surface area contributed by atoms with Gasteiger partial charge in [0, 0.05) is 18.6 Å². The molecule has 0 radical (unpaired) electrons. The number of hydrogen-bond donors (Lipinski definition) is 1. The van der Waals surface area contributed by atoms with Crippen LogP contribution in [-0.4, -0.2) is 9.13 Å². The van der Waals surface area contributed by atoms with Gasteiger partial charge >= 0.3 is 5.69 Å². The van der Waals surface area contributed by atoms with Crippen molar-refractivity contribution in [2.24, 2.45) is 14.1 Å². The third kappa shape index (κ3) is 2.70. The molecule has 1 heterocycles. The van der Waals surface area contributed by atoms with Crippen molar-refractivity contribution in [2.75, 3.05) is 5.32 Å². The van der Waals surface area contributed by atoms with Crippen molar-refractivity contribution < 1.29 is 0 Å². The first-order chi connectivity index (χ1) is 10.4. The highest BCUT2D eigenvalue weighted by Gasteiger charge is 2.18. The second kappa shape index (κ2) is 6.20. The zero-order valence-corrected chi connectivity index (χ0v) is 14.0. The Kier molecular flexibility index (Phi) is 4.52. The Bertz CT molecular complexity index is 877. The van der Waals surface area contributed by atoms with Crippen LogP contribution in [0.5, 0.6) is 0 Å². The molecule has 1 unspecified atom stereocenters. The lowest BCUT2D eigenvalue weighted by Gasteiger charge is -2.20. The molecule has 0 spiro atoms. The van der Waals surface area contributed by atoms with Crippen molar-refractivity contribution in [2.45, 2.75) is 13.0 Å². The van der Waals surface area contributed by atoms with Gasteiger partial charge in [-0.15, -0.1) is 0 Å². The van der Waals surface area contributed by atoms with E-state index in [1.54, 1.807) is 0 Å². The molecule has 1 atom stereocenters. The normalized spacial score (nSPS) is 11.8. The topological polar surface area (TPSA) is 79.8 Å². The average molecular weight is 363 g/mol. The van der Waals surface area contributed by atoms with E-state index >= 15 is 0 Å². The third-order valence-corrected chi connectivity index (χ3v) is 4.22. The molecular formula is C15H15BrN4O2. The molecule has 0 aliphatic heterocycles. The highest BCUT2D eigenvalue weighted by molar-refractivity contribution is 9.10. The van der Waals surface area contributed by atoms with Crippen LogP contribution in [0.3, 0.4) is 0 Å². The van der Waals surface area contributed by atoms with Gasteiger partial charge in [0.05, 0.1) is 6.04 Å². The maximum atomic E-state index is 12.1. The van der Waals surface area contributed by atoms with E-state index in [0.29, 0.717) is 0 Å². The van der Waals surface area contributed by atoms with Gasteiger partial charge in [-0.3, -0.25) is 13.9 Å². The van der Waals surface area contributed by atoms with Crippen LogP contribution < -0.4 is 16.6 Å². The van der Waals surface area contributed by atoms with E-state index in [4.69, 9.17) is 0 Å². The molecule has 114 valence electrons. The van der Waals surface area contributed by atoms with Gasteiger partial charge in [0.25, 0.3) is 5.56 Å². The van der Waals surface area contributed by atoms with Gasteiger partial charge in [0.15, 0.2) is 5.56 Å². The van der Waals surface area contributed by atoms with Crippen LogP contribution in [0.25, 0.3) is 0 Å². The lowest BCUT2D eigenvalue weighted by atomic mass is 10.1. The zero-order chi connectivity index (χ0) is 16.4. The number of aromatic nitrogens is 2. The molecule has 0 bridgehead atoms. The Hall–Kier alpha value is -2.33. The van der Waals surface area contributed by atoms with Crippen LogP contribution in [0.15, 0.2) is 38.3 Å². The summed E-state index contributed by atoms with van der Waals surface area (Å²) in [5, 5.41) is 12.3. The maximum absolute atomic E-state index is 12.1. The summed E-state index contributed by atoms with van der Waals surface area (Å²) in [6, 6.07) is 9.30. The first-order valence-electron chi connectivity index (χ1n) is 6.59. The van der Waals surface area contributed by atoms with Gasteiger partial charge in [0.1, 0.15) is 11.9 Å². The number of rotatable bonds is 3. The van der Waals surface area contributed by atoms with Crippen LogP contribution in [0.1, 0.15) is 24.1 Å². The number of nitrogens with zero attached hydrogens (tertiary/aromatic N) is 3. The Morgan fingerprint density at radius 2 is 1.86 bits per heavy atom. The average Bonchev–Trinajstić information content (AvgIpc) is 2.51. The van der Waals surface area contributed by atoms with Crippen molar-refractivity contribution in [3.8, 4) is 6.07 Å². The molecule has 0 saturated heterocycles. The van der Waals surface area contributed by atoms with Crippen molar-refractivity contribution in [3.05, 3.63) is 60.7 Å². The molecule has 1 N–H and O–H groups in total. The number of halogens is 1. The molecule has 22 heavy (non-hydrogen) atoms. The summed E-state index contributed by atoms with van der Waals surface area (Å²) in [7, 11) is 2.88. The Balaban J connectivity index is 2.56. The van der Waals surface area contributed by atoms with E-state index in [1.807, 2.05) is 37.3 Å². The largest absolute Gasteiger partial charge is 0.364 e. The minimum absolute atomic E-state index is 0.0801. The summed E-state index contributed by atoms with van der Waals surface area (Å²) in [5.74, 6) is 0.221. The monoisotopic (exact) mass is 362 g/mol. The standard InChI is InChI=1S/C15H15BrN4O2/c1-9(10-6-4-5-7-12(10)16)18-13-11(8-17)14(21)20(3)15(22)19(13)2/h4-7,9,18H,1-3H3. The Labute approximate surface area is 135 Å². The summed E-state index contributed by atoms with van der Waals surface area (Å²) in [6.07, 6.45) is 0. The van der Waals surface area contributed by atoms with E-state index in [9.17, 15) is 14.9 Å². The number of benzene rings is 1. The smallest absolute Gasteiger partial charge is 0.332 e. The van der Waals surface area contributed by atoms with Crippen LogP contribution in [0.2, 0.25) is 0 Å². The molecule has 6 nitrogen and oxygen atoms in total. The summed E-state index contributed by atoms with van der Waals surface area (Å²) in [5.41, 5.74) is -0.207. The van der Waals surface area contributed by atoms with Gasteiger partial charge in [-0.05, 0) is 18.6 Å². The highest BCUT2D eigenvalue weighted by Crippen LogP contribution is 2.26. The van der Waals surface area contributed by atoms with Crippen LogP contribution in [-0.2, 0) is 14.1 Å². The van der Waals surface area contributed by atoms with Gasteiger partial charge < -0.3 is 5.32 Å². The molecule has 0 aliphatic carbocycles. The van der Waals surface area contributed by atoms with Crippen molar-refractivity contribution in [1.29, 1.82) is 5.26 Å². The molecule has 0 aliphatic rings. The molecule has 0 fully saturated rings. The van der Waals surface area contributed by atoms with E-state index in [2.05, 4.69) is 21.2 Å². The minimum Gasteiger partial charge on any atom is -0.364 e. The van der Waals surface area contributed by atoms with Gasteiger partial charge in [0.2, 0.25) is 0 Å². The quantitative estimate of drug-likeness (QED) is 0.903. The van der Waals surface area contributed by atoms with Crippen LogP contribution in [0, 0.1) is 11.3 Å². The SMILES string of the molecule is CC(Nc1c(C#N)c(=O)n(C)c(=O)n1C)c1ccccc1Br. The molecular weight excluding hydrogens is 348 g/mol. The molecule has 1 aromatic carbocycles. The van der Waals surface area contributed by atoms with Gasteiger partial charge in [-0.1, -0.05) is 34.1 Å². The van der Waals surface area contributed by atoms with Crippen molar-refractivity contribution in [1.82, 2.24) is 9.13 Å². The zero-order valence-electron chi connectivity index (χ0n) is 12.4. The maximum Gasteiger partial charge on any atom is 0.332 e. The highest BCUT2D eigenvalue weighted by atomic mass is 79.9. The van der Waals surface area contributed by atoms with E-state index in [1.165, 1.54) is 18.7 Å². The molecule has 0 saturated carbocycles. The molecule has 0 amide bonds. The second-order valence-electron chi connectivity index (χ2n) is 4.93. The fourth-order valence-corrected chi connectivity index (χ4v) is 2.85. The number of hydrogen-bond acceptors (Lipinski definition) is 4. The molecule has 2 rings (SSSR count). The van der Waals surface area contributed by atoms with Crippen LogP contribution >= 0.6 is 15.9 Å². The first-order valence-corrected chi connectivity index (χ1v) is 7.38. The lowest BCUT2D eigenvalue weighted by molar-refractivity contribution is 0.678. The van der Waals surface area contributed by atoms with Crippen molar-refractivity contribution in [3.63, 3.8) is 0 Å².